The molecule has 0 saturated heterocycles. The maximum atomic E-state index is 6.09. The zero-order chi connectivity index (χ0) is 14.1. The van der Waals surface area contributed by atoms with Crippen molar-refractivity contribution in [3.05, 3.63) is 59.7 Å². The van der Waals surface area contributed by atoms with Crippen molar-refractivity contribution in [1.29, 1.82) is 0 Å². The summed E-state index contributed by atoms with van der Waals surface area (Å²) < 4.78 is 2.22. The number of imidazole rings is 1. The molecule has 3 rings (SSSR count). The van der Waals surface area contributed by atoms with E-state index in [0.29, 0.717) is 5.88 Å². The molecular formula is C16H16ClN3. The zero-order valence-electron chi connectivity index (χ0n) is 11.5. The van der Waals surface area contributed by atoms with Gasteiger partial charge in [-0.15, -0.1) is 11.6 Å². The fourth-order valence-electron chi connectivity index (χ4n) is 2.65. The van der Waals surface area contributed by atoms with E-state index in [-0.39, 0.29) is 6.04 Å². The summed E-state index contributed by atoms with van der Waals surface area (Å²) in [5, 5.41) is 0. The summed E-state index contributed by atoms with van der Waals surface area (Å²) in [5.74, 6) is 1.30. The highest BCUT2D eigenvalue weighted by molar-refractivity contribution is 6.16. The van der Waals surface area contributed by atoms with Gasteiger partial charge in [-0.1, -0.05) is 18.2 Å². The Morgan fingerprint density at radius 1 is 1.25 bits per heavy atom. The Kier molecular flexibility index (Phi) is 3.45. The van der Waals surface area contributed by atoms with Crippen molar-refractivity contribution >= 4 is 22.6 Å². The third-order valence-electron chi connectivity index (χ3n) is 3.66. The van der Waals surface area contributed by atoms with Crippen molar-refractivity contribution in [2.24, 2.45) is 0 Å². The Morgan fingerprint density at radius 2 is 2.10 bits per heavy atom. The van der Waals surface area contributed by atoms with Gasteiger partial charge in [0.15, 0.2) is 0 Å². The topological polar surface area (TPSA) is 30.7 Å². The Morgan fingerprint density at radius 3 is 2.80 bits per heavy atom. The number of aromatic nitrogens is 3. The molecule has 0 spiro atoms. The van der Waals surface area contributed by atoms with Gasteiger partial charge in [-0.25, -0.2) is 4.98 Å². The Labute approximate surface area is 123 Å². The Hall–Kier alpha value is -1.87. The van der Waals surface area contributed by atoms with Gasteiger partial charge < -0.3 is 4.57 Å². The Balaban J connectivity index is 2.24. The molecule has 2 aromatic heterocycles. The van der Waals surface area contributed by atoms with E-state index in [1.165, 1.54) is 5.56 Å². The lowest BCUT2D eigenvalue weighted by molar-refractivity contribution is 0.630. The van der Waals surface area contributed by atoms with Crippen LogP contribution in [0.25, 0.3) is 11.0 Å². The number of fused-ring (bicyclic) bond motifs is 1. The van der Waals surface area contributed by atoms with E-state index in [9.17, 15) is 0 Å². The number of benzene rings is 1. The molecule has 3 aromatic rings. The number of hydrogen-bond donors (Lipinski definition) is 0. The maximum Gasteiger partial charge on any atom is 0.125 e. The zero-order valence-corrected chi connectivity index (χ0v) is 12.3. The van der Waals surface area contributed by atoms with Crippen LogP contribution in [0.1, 0.15) is 29.9 Å². The first kappa shape index (κ1) is 13.1. The van der Waals surface area contributed by atoms with Crippen molar-refractivity contribution in [1.82, 2.24) is 14.5 Å². The van der Waals surface area contributed by atoms with Gasteiger partial charge in [-0.2, -0.15) is 0 Å². The summed E-state index contributed by atoms with van der Waals surface area (Å²) >= 11 is 6.09. The van der Waals surface area contributed by atoms with E-state index in [4.69, 9.17) is 11.6 Å². The minimum absolute atomic E-state index is 0.156. The van der Waals surface area contributed by atoms with Crippen LogP contribution >= 0.6 is 11.6 Å². The van der Waals surface area contributed by atoms with Crippen molar-refractivity contribution < 1.29 is 0 Å². The first-order chi connectivity index (χ1) is 9.72. The van der Waals surface area contributed by atoms with Crippen LogP contribution in [0, 0.1) is 6.92 Å². The lowest BCUT2D eigenvalue weighted by atomic mass is 10.1. The van der Waals surface area contributed by atoms with E-state index in [1.54, 1.807) is 6.20 Å². The molecule has 1 unspecified atom stereocenters. The third kappa shape index (κ3) is 2.08. The molecule has 1 atom stereocenters. The van der Waals surface area contributed by atoms with Crippen molar-refractivity contribution in [2.45, 2.75) is 25.8 Å². The van der Waals surface area contributed by atoms with Gasteiger partial charge in [0.2, 0.25) is 0 Å². The van der Waals surface area contributed by atoms with E-state index < -0.39 is 0 Å². The largest absolute Gasteiger partial charge is 0.319 e. The number of aryl methyl sites for hydroxylation is 1. The second kappa shape index (κ2) is 5.25. The average Bonchev–Trinajstić information content (AvgIpc) is 2.87. The molecular weight excluding hydrogens is 270 g/mol. The van der Waals surface area contributed by atoms with Crippen LogP contribution in [-0.2, 0) is 5.88 Å². The molecule has 20 heavy (non-hydrogen) atoms. The molecule has 0 aliphatic rings. The maximum absolute atomic E-state index is 6.09. The SMILES string of the molecule is Cc1cccc2nc(CCl)n(C(C)c3cccnc3)c12. The third-order valence-corrected chi connectivity index (χ3v) is 3.90. The van der Waals surface area contributed by atoms with Crippen LogP contribution in [-0.4, -0.2) is 14.5 Å². The van der Waals surface area contributed by atoms with Gasteiger partial charge >= 0.3 is 0 Å². The minimum atomic E-state index is 0.156. The summed E-state index contributed by atoms with van der Waals surface area (Å²) in [6, 6.07) is 10.4. The molecule has 2 heterocycles. The van der Waals surface area contributed by atoms with Crippen LogP contribution in [0.4, 0.5) is 0 Å². The van der Waals surface area contributed by atoms with E-state index in [1.807, 2.05) is 24.4 Å². The molecule has 102 valence electrons. The summed E-state index contributed by atoms with van der Waals surface area (Å²) in [5.41, 5.74) is 4.51. The fourth-order valence-corrected chi connectivity index (χ4v) is 2.84. The summed E-state index contributed by atoms with van der Waals surface area (Å²) in [4.78, 5) is 8.86. The number of nitrogens with zero attached hydrogens (tertiary/aromatic N) is 3. The number of pyridine rings is 1. The number of hydrogen-bond acceptors (Lipinski definition) is 2. The van der Waals surface area contributed by atoms with Crippen molar-refractivity contribution in [3.8, 4) is 0 Å². The molecule has 0 N–H and O–H groups in total. The minimum Gasteiger partial charge on any atom is -0.319 e. The summed E-state index contributed by atoms with van der Waals surface area (Å²) in [7, 11) is 0. The predicted molar refractivity (Wildman–Crippen MR) is 82.1 cm³/mol. The molecule has 0 radical (unpaired) electrons. The number of para-hydroxylation sites is 1. The second-order valence-corrected chi connectivity index (χ2v) is 5.20. The van der Waals surface area contributed by atoms with Crippen molar-refractivity contribution in [2.75, 3.05) is 0 Å². The molecule has 1 aromatic carbocycles. The van der Waals surface area contributed by atoms with Gasteiger partial charge in [-0.3, -0.25) is 4.98 Å². The van der Waals surface area contributed by atoms with Gasteiger partial charge in [0.25, 0.3) is 0 Å². The molecule has 0 aliphatic heterocycles. The number of halogens is 1. The van der Waals surface area contributed by atoms with Crippen LogP contribution < -0.4 is 0 Å². The standard InChI is InChI=1S/C16H16ClN3/c1-11-5-3-7-14-16(11)20(15(9-17)19-14)12(2)13-6-4-8-18-10-13/h3-8,10,12H,9H2,1-2H3. The highest BCUT2D eigenvalue weighted by Crippen LogP contribution is 2.28. The molecule has 0 fully saturated rings. The smallest absolute Gasteiger partial charge is 0.125 e. The summed E-state index contributed by atoms with van der Waals surface area (Å²) in [6.45, 7) is 4.26. The number of alkyl halides is 1. The summed E-state index contributed by atoms with van der Waals surface area (Å²) in [6.07, 6.45) is 3.68. The fraction of sp³-hybridized carbons (Fsp3) is 0.250. The molecule has 0 amide bonds. The van der Waals surface area contributed by atoms with Crippen molar-refractivity contribution in [3.63, 3.8) is 0 Å². The highest BCUT2D eigenvalue weighted by atomic mass is 35.5. The van der Waals surface area contributed by atoms with Gasteiger partial charge in [-0.05, 0) is 37.1 Å². The highest BCUT2D eigenvalue weighted by Gasteiger charge is 2.17. The van der Waals surface area contributed by atoms with Gasteiger partial charge in [0, 0.05) is 12.4 Å². The average molecular weight is 286 g/mol. The molecule has 0 aliphatic carbocycles. The molecule has 4 heteroatoms. The van der Waals surface area contributed by atoms with Crippen LogP contribution in [0.3, 0.4) is 0 Å². The normalized spacial score (nSPS) is 12.8. The first-order valence-corrected chi connectivity index (χ1v) is 7.18. The van der Waals surface area contributed by atoms with Crippen LogP contribution in [0.15, 0.2) is 42.7 Å². The van der Waals surface area contributed by atoms with E-state index in [2.05, 4.69) is 40.5 Å². The second-order valence-electron chi connectivity index (χ2n) is 4.94. The van der Waals surface area contributed by atoms with Crippen LogP contribution in [0.2, 0.25) is 0 Å². The lowest BCUT2D eigenvalue weighted by Gasteiger charge is -2.18. The van der Waals surface area contributed by atoms with Crippen LogP contribution in [0.5, 0.6) is 0 Å². The van der Waals surface area contributed by atoms with Gasteiger partial charge in [0.1, 0.15) is 5.82 Å². The van der Waals surface area contributed by atoms with E-state index >= 15 is 0 Å². The predicted octanol–water partition coefficient (Wildman–Crippen LogP) is 4.09. The van der Waals surface area contributed by atoms with E-state index in [0.717, 1.165) is 22.4 Å². The molecule has 0 bridgehead atoms. The number of rotatable bonds is 3. The monoisotopic (exact) mass is 285 g/mol. The Bertz CT molecular complexity index is 734. The first-order valence-electron chi connectivity index (χ1n) is 6.64. The molecule has 3 nitrogen and oxygen atoms in total. The lowest BCUT2D eigenvalue weighted by Crippen LogP contribution is -2.10. The molecule has 0 saturated carbocycles. The van der Waals surface area contributed by atoms with Gasteiger partial charge in [0.05, 0.1) is 23.0 Å². The quantitative estimate of drug-likeness (QED) is 0.679.